The van der Waals surface area contributed by atoms with Crippen molar-refractivity contribution in [2.24, 2.45) is 0 Å². The van der Waals surface area contributed by atoms with Crippen molar-refractivity contribution in [2.75, 3.05) is 45.5 Å². The number of benzene rings is 1. The highest BCUT2D eigenvalue weighted by Gasteiger charge is 2.27. The summed E-state index contributed by atoms with van der Waals surface area (Å²) in [5.74, 6) is -0.951. The lowest BCUT2D eigenvalue weighted by Gasteiger charge is -2.29. The minimum absolute atomic E-state index is 0.0394. The Hall–Kier alpha value is -1.51. The highest BCUT2D eigenvalue weighted by Crippen LogP contribution is 2.03. The summed E-state index contributed by atoms with van der Waals surface area (Å²) in [7, 11) is -1.31. The zero-order valence-corrected chi connectivity index (χ0v) is 13.3. The van der Waals surface area contributed by atoms with Crippen LogP contribution in [0.3, 0.4) is 0 Å². The number of hydrogen-bond acceptors (Lipinski definition) is 3. The van der Waals surface area contributed by atoms with Gasteiger partial charge in [-0.2, -0.15) is 4.31 Å². The van der Waals surface area contributed by atoms with E-state index in [9.17, 15) is 17.6 Å². The number of amides is 1. The van der Waals surface area contributed by atoms with E-state index >= 15 is 0 Å². The molecule has 0 radical (unpaired) electrons. The van der Waals surface area contributed by atoms with Gasteiger partial charge in [0.2, 0.25) is 10.0 Å². The monoisotopic (exact) mass is 330 g/mol. The minimum atomic E-state index is -3.35. The number of piperazine rings is 1. The topological polar surface area (TPSA) is 70.9 Å². The van der Waals surface area contributed by atoms with Crippen LogP contribution >= 0.6 is 0 Å². The Balaban J connectivity index is 1.82. The second-order valence-corrected chi connectivity index (χ2v) is 7.52. The predicted molar refractivity (Wildman–Crippen MR) is 80.7 cm³/mol. The number of carbonyl (C=O) groups excluding carboxylic acids is 1. The standard InChI is InChI=1S/C14H20FN3O3S/c1-17-7-9-18(10-8-17)22(20,21)11-6-16-14(19)12-2-4-13(15)5-3-12/h2-5H,6-11H2,1H3,(H,16,19)/p+1. The van der Waals surface area contributed by atoms with E-state index < -0.39 is 21.7 Å². The summed E-state index contributed by atoms with van der Waals surface area (Å²) in [6, 6.07) is 5.11. The molecule has 1 fully saturated rings. The van der Waals surface area contributed by atoms with Gasteiger partial charge in [-0.3, -0.25) is 4.79 Å². The van der Waals surface area contributed by atoms with Crippen molar-refractivity contribution in [1.29, 1.82) is 0 Å². The summed E-state index contributed by atoms with van der Waals surface area (Å²) in [5.41, 5.74) is 0.307. The number of nitrogens with one attached hydrogen (secondary N) is 2. The second kappa shape index (κ2) is 7.17. The summed E-state index contributed by atoms with van der Waals surface area (Å²) in [5, 5.41) is 2.55. The predicted octanol–water partition coefficient (Wildman–Crippen LogP) is -1.28. The first kappa shape index (κ1) is 16.9. The Morgan fingerprint density at radius 3 is 2.45 bits per heavy atom. The van der Waals surface area contributed by atoms with Crippen molar-refractivity contribution >= 4 is 15.9 Å². The number of sulfonamides is 1. The Labute approximate surface area is 130 Å². The summed E-state index contributed by atoms with van der Waals surface area (Å²) >= 11 is 0. The van der Waals surface area contributed by atoms with E-state index in [2.05, 4.69) is 5.32 Å². The molecule has 6 nitrogen and oxygen atoms in total. The van der Waals surface area contributed by atoms with Crippen LogP contribution in [0.1, 0.15) is 10.4 Å². The van der Waals surface area contributed by atoms with Crippen molar-refractivity contribution in [1.82, 2.24) is 9.62 Å². The number of hydrogen-bond donors (Lipinski definition) is 2. The van der Waals surface area contributed by atoms with Crippen molar-refractivity contribution in [3.8, 4) is 0 Å². The summed E-state index contributed by atoms with van der Waals surface area (Å²) in [6.07, 6.45) is 0. The molecule has 2 rings (SSSR count). The number of likely N-dealkylation sites (N-methyl/N-ethyl adjacent to an activating group) is 1. The molecule has 1 heterocycles. The quantitative estimate of drug-likeness (QED) is 0.706. The lowest BCUT2D eigenvalue weighted by atomic mass is 10.2. The molecular formula is C14H21FN3O3S+. The zero-order chi connectivity index (χ0) is 16.2. The molecule has 1 amide bonds. The largest absolute Gasteiger partial charge is 0.351 e. The Kier molecular flexibility index (Phi) is 5.49. The van der Waals surface area contributed by atoms with E-state index in [0.29, 0.717) is 18.7 Å². The first-order valence-electron chi connectivity index (χ1n) is 7.21. The molecule has 1 aliphatic rings. The summed E-state index contributed by atoms with van der Waals surface area (Å²) in [4.78, 5) is 13.1. The van der Waals surface area contributed by atoms with Gasteiger partial charge in [-0.1, -0.05) is 0 Å². The van der Waals surface area contributed by atoms with Crippen LogP contribution < -0.4 is 10.2 Å². The van der Waals surface area contributed by atoms with E-state index in [1.807, 2.05) is 7.05 Å². The Bertz CT molecular complexity index is 611. The van der Waals surface area contributed by atoms with Gasteiger partial charge in [0, 0.05) is 12.1 Å². The Morgan fingerprint density at radius 2 is 1.86 bits per heavy atom. The number of quaternary nitrogens is 1. The van der Waals surface area contributed by atoms with Gasteiger partial charge in [0.15, 0.2) is 0 Å². The maximum Gasteiger partial charge on any atom is 0.251 e. The van der Waals surface area contributed by atoms with Gasteiger partial charge < -0.3 is 10.2 Å². The fourth-order valence-electron chi connectivity index (χ4n) is 2.27. The molecule has 1 aliphatic heterocycles. The van der Waals surface area contributed by atoms with Gasteiger partial charge in [-0.15, -0.1) is 0 Å². The number of halogens is 1. The zero-order valence-electron chi connectivity index (χ0n) is 12.5. The van der Waals surface area contributed by atoms with E-state index in [1.54, 1.807) is 0 Å². The van der Waals surface area contributed by atoms with Crippen molar-refractivity contribution < 1.29 is 22.5 Å². The van der Waals surface area contributed by atoms with Gasteiger partial charge >= 0.3 is 0 Å². The molecule has 1 aromatic carbocycles. The molecule has 8 heteroatoms. The molecule has 0 atom stereocenters. The fraction of sp³-hybridized carbons (Fsp3) is 0.500. The van der Waals surface area contributed by atoms with Crippen molar-refractivity contribution in [3.63, 3.8) is 0 Å². The van der Waals surface area contributed by atoms with E-state index in [4.69, 9.17) is 0 Å². The average molecular weight is 330 g/mol. The number of nitrogens with zero attached hydrogens (tertiary/aromatic N) is 1. The Morgan fingerprint density at radius 1 is 1.27 bits per heavy atom. The molecule has 2 N–H and O–H groups in total. The molecule has 1 aromatic rings. The smallest absolute Gasteiger partial charge is 0.251 e. The summed E-state index contributed by atoms with van der Waals surface area (Å²) < 4.78 is 38.6. The lowest BCUT2D eigenvalue weighted by Crippen LogP contribution is -3.12. The van der Waals surface area contributed by atoms with Gasteiger partial charge in [0.05, 0.1) is 39.0 Å². The van der Waals surface area contributed by atoms with Crippen LogP contribution in [0.4, 0.5) is 4.39 Å². The van der Waals surface area contributed by atoms with E-state index in [-0.39, 0.29) is 12.3 Å². The third-order valence-electron chi connectivity index (χ3n) is 3.72. The molecule has 0 unspecified atom stereocenters. The van der Waals surface area contributed by atoms with E-state index in [0.717, 1.165) is 13.1 Å². The molecule has 0 spiro atoms. The van der Waals surface area contributed by atoms with Gasteiger partial charge in [-0.25, -0.2) is 12.8 Å². The number of rotatable bonds is 5. The van der Waals surface area contributed by atoms with E-state index in [1.165, 1.54) is 33.5 Å². The molecule has 0 saturated carbocycles. The molecular weight excluding hydrogens is 309 g/mol. The maximum absolute atomic E-state index is 12.8. The SMILES string of the molecule is C[NH+]1CCN(S(=O)(=O)CCNC(=O)c2ccc(F)cc2)CC1. The van der Waals surface area contributed by atoms with Crippen LogP contribution in [0.2, 0.25) is 0 Å². The van der Waals surface area contributed by atoms with Crippen LogP contribution in [-0.4, -0.2) is 64.2 Å². The maximum atomic E-state index is 12.8. The van der Waals surface area contributed by atoms with Crippen LogP contribution in [0, 0.1) is 5.82 Å². The molecule has 0 aliphatic carbocycles. The normalized spacial score (nSPS) is 17.4. The third kappa shape index (κ3) is 4.49. The van der Waals surface area contributed by atoms with Gasteiger partial charge in [-0.05, 0) is 24.3 Å². The summed E-state index contributed by atoms with van der Waals surface area (Å²) in [6.45, 7) is 2.65. The second-order valence-electron chi connectivity index (χ2n) is 5.43. The average Bonchev–Trinajstić information content (AvgIpc) is 2.48. The van der Waals surface area contributed by atoms with Crippen LogP contribution in [0.25, 0.3) is 0 Å². The molecule has 1 saturated heterocycles. The minimum Gasteiger partial charge on any atom is -0.351 e. The van der Waals surface area contributed by atoms with Crippen LogP contribution in [0.5, 0.6) is 0 Å². The highest BCUT2D eigenvalue weighted by atomic mass is 32.2. The van der Waals surface area contributed by atoms with Crippen molar-refractivity contribution in [3.05, 3.63) is 35.6 Å². The van der Waals surface area contributed by atoms with Gasteiger partial charge in [0.1, 0.15) is 5.82 Å². The molecule has 0 bridgehead atoms. The van der Waals surface area contributed by atoms with Gasteiger partial charge in [0.25, 0.3) is 5.91 Å². The first-order valence-corrected chi connectivity index (χ1v) is 8.82. The van der Waals surface area contributed by atoms with Crippen LogP contribution in [-0.2, 0) is 10.0 Å². The molecule has 0 aromatic heterocycles. The molecule has 22 heavy (non-hydrogen) atoms. The first-order chi connectivity index (χ1) is 10.4. The highest BCUT2D eigenvalue weighted by molar-refractivity contribution is 7.89. The fourth-order valence-corrected chi connectivity index (χ4v) is 3.63. The van der Waals surface area contributed by atoms with Crippen LogP contribution in [0.15, 0.2) is 24.3 Å². The lowest BCUT2D eigenvalue weighted by molar-refractivity contribution is -0.883. The number of carbonyl (C=O) groups is 1. The van der Waals surface area contributed by atoms with Crippen molar-refractivity contribution in [2.45, 2.75) is 0 Å². The third-order valence-corrected chi connectivity index (χ3v) is 5.59. The molecule has 122 valence electrons.